The number of halogens is 2. The van der Waals surface area contributed by atoms with Crippen LogP contribution in [-0.4, -0.2) is 45.8 Å². The maximum atomic E-state index is 14.1. The molecule has 4 rings (SSSR count). The van der Waals surface area contributed by atoms with Crippen molar-refractivity contribution in [2.45, 2.75) is 31.2 Å². The van der Waals surface area contributed by atoms with Gasteiger partial charge in [0.25, 0.3) is 10.9 Å². The number of anilines is 1. The Labute approximate surface area is 245 Å². The van der Waals surface area contributed by atoms with Gasteiger partial charge in [-0.05, 0) is 54.8 Å². The molecule has 0 saturated heterocycles. The van der Waals surface area contributed by atoms with Gasteiger partial charge in [-0.1, -0.05) is 41.6 Å². The number of fused-ring (bicyclic) bond motifs is 2. The fourth-order valence-corrected chi connectivity index (χ4v) is 7.49. The summed E-state index contributed by atoms with van der Waals surface area (Å²) in [6.07, 6.45) is 5.32. The van der Waals surface area contributed by atoms with Gasteiger partial charge < -0.3 is 9.45 Å². The third kappa shape index (κ3) is 7.83. The minimum Gasteiger partial charge on any atom is -0.748 e. The summed E-state index contributed by atoms with van der Waals surface area (Å²) in [5.74, 6) is -1.69. The number of thiazole rings is 1. The monoisotopic (exact) mass is 645 g/mol. The molecule has 1 aliphatic heterocycles. The normalized spacial score (nSPS) is 15.2. The van der Waals surface area contributed by atoms with Gasteiger partial charge in [0.15, 0.2) is 0 Å². The van der Waals surface area contributed by atoms with Crippen LogP contribution < -0.4 is 14.2 Å². The first-order valence-corrected chi connectivity index (χ1v) is 17.4. The van der Waals surface area contributed by atoms with E-state index in [1.54, 1.807) is 27.7 Å². The zero-order valence-corrected chi connectivity index (χ0v) is 25.4. The summed E-state index contributed by atoms with van der Waals surface area (Å²) < 4.78 is 75.3. The SMILES string of the molecule is CCC(=Cc1sc2ccc(Cl)cc2[n+]1CC(=O)NS(C)(=O)=O)C=C1Sc2ccc(F)cc2N1CCCS(=O)(=O)[O-]. The molecule has 214 valence electrons. The lowest BCUT2D eigenvalue weighted by atomic mass is 10.2. The van der Waals surface area contributed by atoms with Crippen molar-refractivity contribution >= 4 is 82.7 Å². The maximum Gasteiger partial charge on any atom is 0.299 e. The molecule has 2 heterocycles. The van der Waals surface area contributed by atoms with Crippen LogP contribution in [0.2, 0.25) is 5.02 Å². The molecule has 2 aromatic carbocycles. The van der Waals surface area contributed by atoms with Crippen LogP contribution in [-0.2, 0) is 31.5 Å². The van der Waals surface area contributed by atoms with E-state index in [9.17, 15) is 30.6 Å². The molecule has 15 heteroatoms. The summed E-state index contributed by atoms with van der Waals surface area (Å²) in [4.78, 5) is 15.1. The van der Waals surface area contributed by atoms with E-state index in [0.717, 1.165) is 26.5 Å². The van der Waals surface area contributed by atoms with Crippen LogP contribution in [0.25, 0.3) is 16.3 Å². The van der Waals surface area contributed by atoms with Gasteiger partial charge in [-0.2, -0.15) is 4.57 Å². The Hall–Kier alpha value is -2.49. The highest BCUT2D eigenvalue weighted by molar-refractivity contribution is 8.03. The number of hydrogen-bond donors (Lipinski definition) is 1. The van der Waals surface area contributed by atoms with Crippen molar-refractivity contribution < 1.29 is 35.1 Å². The number of amides is 1. The van der Waals surface area contributed by atoms with Crippen molar-refractivity contribution in [3.63, 3.8) is 0 Å². The molecule has 0 radical (unpaired) electrons. The Morgan fingerprint density at radius 2 is 1.95 bits per heavy atom. The summed E-state index contributed by atoms with van der Waals surface area (Å²) in [7, 11) is -8.15. The van der Waals surface area contributed by atoms with E-state index in [1.807, 2.05) is 29.9 Å². The van der Waals surface area contributed by atoms with E-state index < -0.39 is 37.6 Å². The molecule has 1 amide bonds. The van der Waals surface area contributed by atoms with E-state index in [-0.39, 0.29) is 19.5 Å². The quantitative estimate of drug-likeness (QED) is 0.256. The highest BCUT2D eigenvalue weighted by Crippen LogP contribution is 2.47. The predicted molar refractivity (Wildman–Crippen MR) is 155 cm³/mol. The number of aromatic nitrogens is 1. The first-order valence-electron chi connectivity index (χ1n) is 12.0. The summed E-state index contributed by atoms with van der Waals surface area (Å²) in [5.41, 5.74) is 2.08. The van der Waals surface area contributed by atoms with E-state index >= 15 is 0 Å². The van der Waals surface area contributed by atoms with E-state index in [2.05, 4.69) is 0 Å². The molecule has 0 bridgehead atoms. The number of carbonyl (C=O) groups excluding carboxylic acids is 1. The zero-order valence-electron chi connectivity index (χ0n) is 21.4. The van der Waals surface area contributed by atoms with Gasteiger partial charge in [0.1, 0.15) is 10.5 Å². The molecule has 0 unspecified atom stereocenters. The van der Waals surface area contributed by atoms with E-state index in [4.69, 9.17) is 11.6 Å². The summed E-state index contributed by atoms with van der Waals surface area (Å²) in [6, 6.07) is 9.60. The lowest BCUT2D eigenvalue weighted by Crippen LogP contribution is -2.45. The summed E-state index contributed by atoms with van der Waals surface area (Å²) in [5, 5.41) is 1.85. The van der Waals surface area contributed by atoms with Crippen molar-refractivity contribution in [2.75, 3.05) is 23.5 Å². The molecule has 0 atom stereocenters. The van der Waals surface area contributed by atoms with Crippen molar-refractivity contribution in [2.24, 2.45) is 0 Å². The second-order valence-electron chi connectivity index (χ2n) is 8.97. The molecule has 1 aliphatic rings. The summed E-state index contributed by atoms with van der Waals surface area (Å²) in [6.45, 7) is 1.87. The maximum absolute atomic E-state index is 14.1. The van der Waals surface area contributed by atoms with Gasteiger partial charge in [-0.25, -0.2) is 25.9 Å². The van der Waals surface area contributed by atoms with Gasteiger partial charge in [0.2, 0.25) is 22.1 Å². The molecule has 9 nitrogen and oxygen atoms in total. The number of sulfonamides is 1. The highest BCUT2D eigenvalue weighted by atomic mass is 35.5. The highest BCUT2D eigenvalue weighted by Gasteiger charge is 2.27. The van der Waals surface area contributed by atoms with Crippen molar-refractivity contribution in [3.05, 3.63) is 68.9 Å². The second-order valence-corrected chi connectivity index (χ2v) is 14.8. The Morgan fingerprint density at radius 1 is 1.20 bits per heavy atom. The molecule has 0 fully saturated rings. The third-order valence-electron chi connectivity index (χ3n) is 5.79. The van der Waals surface area contributed by atoms with Gasteiger partial charge in [-0.15, -0.1) is 0 Å². The molecule has 0 aliphatic carbocycles. The van der Waals surface area contributed by atoms with Gasteiger partial charge >= 0.3 is 0 Å². The second kappa shape index (κ2) is 12.2. The van der Waals surface area contributed by atoms with Gasteiger partial charge in [-0.3, -0.25) is 4.79 Å². The van der Waals surface area contributed by atoms with Crippen LogP contribution in [0.15, 0.2) is 58.0 Å². The Morgan fingerprint density at radius 3 is 2.62 bits per heavy atom. The zero-order chi connectivity index (χ0) is 29.2. The number of nitrogens with zero attached hydrogens (tertiary/aromatic N) is 2. The molecular weight excluding hydrogens is 621 g/mol. The topological polar surface area (TPSA) is 128 Å². The average Bonchev–Trinajstić information content (AvgIpc) is 3.33. The Kier molecular flexibility index (Phi) is 9.27. The number of rotatable bonds is 10. The number of carbonyl (C=O) groups is 1. The van der Waals surface area contributed by atoms with Crippen LogP contribution in [0.5, 0.6) is 0 Å². The standard InChI is InChI=1S/C25H25ClFN3O6S4/c1-3-16(11-24-29(9-4-10-40(34,35)36)20-14-18(27)6-8-22(20)37-24)12-25-30(15-23(31)28-39(2,32)33)19-13-17(26)5-7-21(19)38-25/h5-8,11-14H,3-4,9-10,15H2,1-2H3,(H-,28,31,34,35,36). The fourth-order valence-electron chi connectivity index (χ4n) is 4.10. The Bertz CT molecular complexity index is 1750. The number of benzene rings is 2. The number of thioether (sulfide) groups is 1. The molecule has 1 aromatic heterocycles. The van der Waals surface area contributed by atoms with Crippen LogP contribution in [0, 0.1) is 5.82 Å². The van der Waals surface area contributed by atoms with Crippen molar-refractivity contribution in [1.82, 2.24) is 4.72 Å². The molecule has 3 aromatic rings. The fraction of sp³-hybridized carbons (Fsp3) is 0.280. The first-order chi connectivity index (χ1) is 18.7. The van der Waals surface area contributed by atoms with Gasteiger partial charge in [0, 0.05) is 34.4 Å². The number of nitrogens with one attached hydrogen (secondary N) is 1. The van der Waals surface area contributed by atoms with Gasteiger partial charge in [0.05, 0.1) is 27.1 Å². The van der Waals surface area contributed by atoms with Crippen molar-refractivity contribution in [3.8, 4) is 0 Å². The average molecular weight is 646 g/mol. The first kappa shape index (κ1) is 30.5. The van der Waals surface area contributed by atoms with Crippen LogP contribution in [0.3, 0.4) is 0 Å². The minimum absolute atomic E-state index is 0.0668. The molecular formula is C25H25ClFN3O6S4. The minimum atomic E-state index is -4.40. The Balaban J connectivity index is 1.74. The number of hydrogen-bond acceptors (Lipinski definition) is 9. The third-order valence-corrected chi connectivity index (χ3v) is 9.63. The van der Waals surface area contributed by atoms with Crippen molar-refractivity contribution in [1.29, 1.82) is 0 Å². The lowest BCUT2D eigenvalue weighted by molar-refractivity contribution is -0.655. The molecule has 40 heavy (non-hydrogen) atoms. The van der Waals surface area contributed by atoms with Crippen LogP contribution >= 0.6 is 34.7 Å². The number of allylic oxidation sites excluding steroid dienone is 2. The van der Waals surface area contributed by atoms with E-state index in [0.29, 0.717) is 27.7 Å². The largest absolute Gasteiger partial charge is 0.748 e. The molecule has 0 spiro atoms. The lowest BCUT2D eigenvalue weighted by Gasteiger charge is -2.21. The molecule has 1 N–H and O–H groups in total. The van der Waals surface area contributed by atoms with Crippen LogP contribution in [0.1, 0.15) is 24.8 Å². The predicted octanol–water partition coefficient (Wildman–Crippen LogP) is 4.24. The summed E-state index contributed by atoms with van der Waals surface area (Å²) >= 11 is 9.00. The molecule has 0 saturated carbocycles. The smallest absolute Gasteiger partial charge is 0.299 e. The van der Waals surface area contributed by atoms with Crippen LogP contribution in [0.4, 0.5) is 10.1 Å². The van der Waals surface area contributed by atoms with E-state index in [1.165, 1.54) is 35.2 Å².